The van der Waals surface area contributed by atoms with Gasteiger partial charge in [-0.05, 0) is 16.3 Å². The van der Waals surface area contributed by atoms with Gasteiger partial charge in [0, 0.05) is 29.0 Å². The lowest BCUT2D eigenvalue weighted by Gasteiger charge is -2.08. The van der Waals surface area contributed by atoms with Crippen LogP contribution in [0.2, 0.25) is 0 Å². The summed E-state index contributed by atoms with van der Waals surface area (Å²) in [5.41, 5.74) is 4.17. The van der Waals surface area contributed by atoms with Crippen LogP contribution in [0.25, 0.3) is 40.0 Å². The molecule has 4 aromatic rings. The van der Waals surface area contributed by atoms with Crippen LogP contribution in [-0.4, -0.2) is 36.5 Å². The first-order valence-corrected chi connectivity index (χ1v) is 8.66. The second kappa shape index (κ2) is 6.58. The lowest BCUT2D eigenvalue weighted by atomic mass is 9.98. The van der Waals surface area contributed by atoms with Crippen molar-refractivity contribution in [3.63, 3.8) is 0 Å². The molecule has 1 N–H and O–H groups in total. The van der Waals surface area contributed by atoms with E-state index in [1.807, 2.05) is 48.5 Å². The molecule has 0 saturated carbocycles. The fourth-order valence-electron chi connectivity index (χ4n) is 3.12. The fourth-order valence-corrected chi connectivity index (χ4v) is 3.12. The molecule has 0 radical (unpaired) electrons. The van der Waals surface area contributed by atoms with E-state index in [1.54, 1.807) is 12.3 Å². The Balaban J connectivity index is 1.54. The summed E-state index contributed by atoms with van der Waals surface area (Å²) in [5.74, 6) is 0.884. The Kier molecular flexibility index (Phi) is 3.79. The van der Waals surface area contributed by atoms with Gasteiger partial charge in [-0.25, -0.2) is 9.97 Å². The summed E-state index contributed by atoms with van der Waals surface area (Å²) in [7, 11) is 0. The molecule has 1 aliphatic rings. The highest BCUT2D eigenvalue weighted by molar-refractivity contribution is 5.83. The monoisotopic (exact) mass is 367 g/mol. The second-order valence-electron chi connectivity index (χ2n) is 6.24. The molecule has 2 aromatic heterocycles. The van der Waals surface area contributed by atoms with Gasteiger partial charge in [0.2, 0.25) is 5.82 Å². The summed E-state index contributed by atoms with van der Waals surface area (Å²) < 4.78 is 0. The summed E-state index contributed by atoms with van der Waals surface area (Å²) in [4.78, 5) is 24.4. The van der Waals surface area contributed by atoms with Crippen LogP contribution in [0.4, 0.5) is 0 Å². The van der Waals surface area contributed by atoms with Crippen LogP contribution in [0.1, 0.15) is 6.42 Å². The molecule has 0 atom stereocenters. The molecule has 8 nitrogen and oxygen atoms in total. The standard InChI is InChI=1S/C20H13N7O/c28-17-10-9-14-11-21-18(23-19(14)22-17)13-7-5-12(6-8-13)15-3-1-2-4-16(15)20-24-26-27-25-20/h1-9,11H,10H2,(H,24,25,26,27). The van der Waals surface area contributed by atoms with E-state index in [9.17, 15) is 4.79 Å². The number of aromatic nitrogens is 6. The van der Waals surface area contributed by atoms with Crippen molar-refractivity contribution >= 4 is 12.0 Å². The smallest absolute Gasteiger partial charge is 0.251 e. The third-order valence-electron chi connectivity index (χ3n) is 4.49. The van der Waals surface area contributed by atoms with Gasteiger partial charge in [-0.1, -0.05) is 54.6 Å². The predicted octanol–water partition coefficient (Wildman–Crippen LogP) is 1.32. The summed E-state index contributed by atoms with van der Waals surface area (Å²) in [6.45, 7) is 0. The van der Waals surface area contributed by atoms with Crippen molar-refractivity contribution < 1.29 is 4.79 Å². The zero-order valence-electron chi connectivity index (χ0n) is 14.6. The van der Waals surface area contributed by atoms with Gasteiger partial charge in [-0.2, -0.15) is 10.2 Å². The van der Waals surface area contributed by atoms with Gasteiger partial charge in [-0.15, -0.1) is 10.2 Å². The molecule has 5 rings (SSSR count). The number of carbonyl (C=O) groups excluding carboxylic acids is 1. The van der Waals surface area contributed by atoms with Gasteiger partial charge in [0.25, 0.3) is 5.91 Å². The molecule has 0 unspecified atom stereocenters. The van der Waals surface area contributed by atoms with Crippen LogP contribution in [0.3, 0.4) is 0 Å². The minimum atomic E-state index is -0.189. The highest BCUT2D eigenvalue weighted by Gasteiger charge is 2.11. The first kappa shape index (κ1) is 16.1. The molecule has 2 aromatic carbocycles. The number of amides is 1. The van der Waals surface area contributed by atoms with Gasteiger partial charge in [0.05, 0.1) is 0 Å². The van der Waals surface area contributed by atoms with Crippen molar-refractivity contribution in [1.82, 2.24) is 30.6 Å². The lowest BCUT2D eigenvalue weighted by Crippen LogP contribution is -2.33. The Morgan fingerprint density at radius 3 is 2.46 bits per heavy atom. The number of fused-ring (bicyclic) bond motifs is 1. The van der Waals surface area contributed by atoms with Crippen LogP contribution in [0.15, 0.2) is 59.7 Å². The fraction of sp³-hybridized carbons (Fsp3) is 0.0500. The van der Waals surface area contributed by atoms with Gasteiger partial charge in [-0.3, -0.25) is 4.79 Å². The van der Waals surface area contributed by atoms with Crippen LogP contribution >= 0.6 is 0 Å². The molecule has 0 spiro atoms. The Labute approximate surface area is 158 Å². The molecule has 0 fully saturated rings. The van der Waals surface area contributed by atoms with E-state index < -0.39 is 0 Å². The second-order valence-corrected chi connectivity index (χ2v) is 6.24. The SMILES string of the molecule is O=C1CC=c2cnc(-c3ccc(-c4ccccc4-c4nn[nH]n4)cc3)nc2=N1. The zero-order valence-corrected chi connectivity index (χ0v) is 14.6. The molecule has 1 amide bonds. The maximum absolute atomic E-state index is 11.5. The maximum Gasteiger partial charge on any atom is 0.251 e. The number of H-pyrrole nitrogens is 1. The predicted molar refractivity (Wildman–Crippen MR) is 101 cm³/mol. The van der Waals surface area contributed by atoms with Crippen molar-refractivity contribution in [2.45, 2.75) is 6.42 Å². The normalized spacial score (nSPS) is 12.8. The van der Waals surface area contributed by atoms with Crippen molar-refractivity contribution in [3.8, 4) is 33.9 Å². The number of nitrogens with zero attached hydrogens (tertiary/aromatic N) is 6. The molecular formula is C20H13N7O. The van der Waals surface area contributed by atoms with E-state index in [0.717, 1.165) is 27.5 Å². The maximum atomic E-state index is 11.5. The van der Waals surface area contributed by atoms with Crippen LogP contribution in [-0.2, 0) is 4.79 Å². The lowest BCUT2D eigenvalue weighted by molar-refractivity contribution is -0.117. The van der Waals surface area contributed by atoms with E-state index in [1.165, 1.54) is 0 Å². The van der Waals surface area contributed by atoms with Crippen molar-refractivity contribution in [2.75, 3.05) is 0 Å². The van der Waals surface area contributed by atoms with Crippen LogP contribution < -0.4 is 10.7 Å². The first-order valence-electron chi connectivity index (χ1n) is 8.66. The number of hydrogen-bond acceptors (Lipinski definition) is 6. The quantitative estimate of drug-likeness (QED) is 0.585. The van der Waals surface area contributed by atoms with E-state index in [4.69, 9.17) is 0 Å². The summed E-state index contributed by atoms with van der Waals surface area (Å²) in [6, 6.07) is 15.7. The molecule has 8 heteroatoms. The Hall–Kier alpha value is -4.07. The molecule has 134 valence electrons. The summed E-state index contributed by atoms with van der Waals surface area (Å²) in [5, 5.41) is 15.1. The number of tetrazole rings is 1. The molecule has 0 aliphatic carbocycles. The topological polar surface area (TPSA) is 110 Å². The summed E-state index contributed by atoms with van der Waals surface area (Å²) >= 11 is 0. The third kappa shape index (κ3) is 2.86. The van der Waals surface area contributed by atoms with Crippen LogP contribution in [0, 0.1) is 0 Å². The van der Waals surface area contributed by atoms with E-state index in [2.05, 4.69) is 35.6 Å². The molecular weight excluding hydrogens is 354 g/mol. The minimum Gasteiger partial charge on any atom is -0.272 e. The number of nitrogens with one attached hydrogen (secondary N) is 1. The minimum absolute atomic E-state index is 0.189. The van der Waals surface area contributed by atoms with Gasteiger partial charge < -0.3 is 0 Å². The average Bonchev–Trinajstić information content (AvgIpc) is 3.28. The van der Waals surface area contributed by atoms with Gasteiger partial charge >= 0.3 is 0 Å². The highest BCUT2D eigenvalue weighted by atomic mass is 16.1. The van der Waals surface area contributed by atoms with E-state index >= 15 is 0 Å². The number of rotatable bonds is 3. The Bertz CT molecular complexity index is 1300. The van der Waals surface area contributed by atoms with Gasteiger partial charge in [0.1, 0.15) is 0 Å². The molecule has 3 heterocycles. The molecule has 1 aliphatic heterocycles. The number of benzene rings is 2. The molecule has 0 bridgehead atoms. The average molecular weight is 367 g/mol. The van der Waals surface area contributed by atoms with Crippen molar-refractivity contribution in [2.24, 2.45) is 4.99 Å². The Morgan fingerprint density at radius 2 is 1.68 bits per heavy atom. The number of aromatic amines is 1. The zero-order chi connectivity index (χ0) is 18.9. The van der Waals surface area contributed by atoms with Crippen molar-refractivity contribution in [1.29, 1.82) is 0 Å². The number of hydrogen-bond donors (Lipinski definition) is 1. The molecule has 0 saturated heterocycles. The largest absolute Gasteiger partial charge is 0.272 e. The van der Waals surface area contributed by atoms with Gasteiger partial charge in [0.15, 0.2) is 11.3 Å². The van der Waals surface area contributed by atoms with E-state index in [-0.39, 0.29) is 5.91 Å². The summed E-state index contributed by atoms with van der Waals surface area (Å²) in [6.07, 6.45) is 3.80. The molecule has 28 heavy (non-hydrogen) atoms. The van der Waals surface area contributed by atoms with Crippen LogP contribution in [0.5, 0.6) is 0 Å². The first-order chi connectivity index (χ1) is 13.8. The van der Waals surface area contributed by atoms with Crippen molar-refractivity contribution in [3.05, 3.63) is 65.4 Å². The third-order valence-corrected chi connectivity index (χ3v) is 4.49. The highest BCUT2D eigenvalue weighted by Crippen LogP contribution is 2.30. The van der Waals surface area contributed by atoms with E-state index in [0.29, 0.717) is 23.6 Å². The number of carbonyl (C=O) groups is 1. The Morgan fingerprint density at radius 1 is 0.893 bits per heavy atom.